The lowest BCUT2D eigenvalue weighted by Gasteiger charge is -2.31. The largest absolute Gasteiger partial charge is 0.350 e. The third-order valence-corrected chi connectivity index (χ3v) is 13.4. The van der Waals surface area contributed by atoms with Gasteiger partial charge in [-0.1, -0.05) is 29.8 Å². The van der Waals surface area contributed by atoms with Gasteiger partial charge in [-0.2, -0.15) is 4.31 Å². The number of hydroxylamine groups is 1. The standard InChI is InChI=1S/C28H33N3O7S3/c1-21-7-9-22(10-8-21)24-11-12-25(39-24)28(19-26(32)30-38-27-6-2-3-17-37-27)13-15-31(16-18-40(28,33)34)41(35,36)23-5-4-14-29-20-23/h4-5,7-12,14,20,27H,2-3,6,13,15-19H2,1H3,(H,30,32). The zero-order valence-electron chi connectivity index (χ0n) is 22.7. The molecule has 2 unspecified atom stereocenters. The third-order valence-electron chi connectivity index (χ3n) is 7.52. The first-order chi connectivity index (χ1) is 19.6. The summed E-state index contributed by atoms with van der Waals surface area (Å²) in [6, 6.07) is 14.4. The molecule has 0 saturated carbocycles. The first-order valence-corrected chi connectivity index (χ1v) is 17.4. The summed E-state index contributed by atoms with van der Waals surface area (Å²) >= 11 is 1.30. The summed E-state index contributed by atoms with van der Waals surface area (Å²) in [5.74, 6) is -1.05. The highest BCUT2D eigenvalue weighted by Gasteiger charge is 2.50. The van der Waals surface area contributed by atoms with Crippen LogP contribution in [0.1, 0.15) is 42.5 Å². The van der Waals surface area contributed by atoms with E-state index in [-0.39, 0.29) is 24.4 Å². The molecule has 2 fully saturated rings. The van der Waals surface area contributed by atoms with Crippen molar-refractivity contribution in [3.05, 3.63) is 71.4 Å². The van der Waals surface area contributed by atoms with E-state index in [2.05, 4.69) is 10.5 Å². The zero-order chi connectivity index (χ0) is 29.1. The Morgan fingerprint density at radius 1 is 1.17 bits per heavy atom. The van der Waals surface area contributed by atoms with Gasteiger partial charge >= 0.3 is 0 Å². The molecule has 2 aliphatic rings. The van der Waals surface area contributed by atoms with Gasteiger partial charge in [0, 0.05) is 48.3 Å². The molecule has 2 aliphatic heterocycles. The van der Waals surface area contributed by atoms with Gasteiger partial charge in [0.1, 0.15) is 9.64 Å². The average molecular weight is 620 g/mol. The Hall–Kier alpha value is -2.68. The minimum Gasteiger partial charge on any atom is -0.350 e. The van der Waals surface area contributed by atoms with Crippen LogP contribution in [0.4, 0.5) is 0 Å². The van der Waals surface area contributed by atoms with Crippen molar-refractivity contribution in [3.8, 4) is 10.4 Å². The number of sulfone groups is 1. The molecule has 0 radical (unpaired) electrons. The van der Waals surface area contributed by atoms with E-state index in [9.17, 15) is 21.6 Å². The number of thiophene rings is 1. The van der Waals surface area contributed by atoms with Crippen LogP contribution < -0.4 is 5.48 Å². The maximum atomic E-state index is 14.1. The van der Waals surface area contributed by atoms with Crippen LogP contribution in [0.5, 0.6) is 0 Å². The summed E-state index contributed by atoms with van der Waals surface area (Å²) in [5, 5.41) is 0. The number of hydrogen-bond acceptors (Lipinski definition) is 9. The van der Waals surface area contributed by atoms with E-state index < -0.39 is 49.0 Å². The van der Waals surface area contributed by atoms with Crippen LogP contribution in [0.25, 0.3) is 10.4 Å². The van der Waals surface area contributed by atoms with E-state index >= 15 is 0 Å². The first-order valence-electron chi connectivity index (χ1n) is 13.5. The summed E-state index contributed by atoms with van der Waals surface area (Å²) < 4.78 is 60.0. The van der Waals surface area contributed by atoms with E-state index in [0.717, 1.165) is 28.8 Å². The number of pyridine rings is 1. The molecule has 13 heteroatoms. The number of amides is 1. The van der Waals surface area contributed by atoms with Crippen LogP contribution in [0, 0.1) is 6.92 Å². The Bertz CT molecular complexity index is 1570. The maximum Gasteiger partial charge on any atom is 0.245 e. The fourth-order valence-electron chi connectivity index (χ4n) is 5.13. The Balaban J connectivity index is 1.48. The summed E-state index contributed by atoms with van der Waals surface area (Å²) in [6.07, 6.45) is 4.03. The molecule has 220 valence electrons. The molecule has 2 saturated heterocycles. The molecular formula is C28H33N3O7S3. The van der Waals surface area contributed by atoms with Crippen molar-refractivity contribution in [2.24, 2.45) is 0 Å². The fourth-order valence-corrected chi connectivity index (χ4v) is 10.3. The smallest absolute Gasteiger partial charge is 0.245 e. The molecule has 10 nitrogen and oxygen atoms in total. The quantitative estimate of drug-likeness (QED) is 0.377. The van der Waals surface area contributed by atoms with Crippen LogP contribution in [0.3, 0.4) is 0 Å². The number of aryl methyl sites for hydroxylation is 1. The molecule has 0 bridgehead atoms. The summed E-state index contributed by atoms with van der Waals surface area (Å²) in [6.45, 7) is 2.19. The van der Waals surface area contributed by atoms with Gasteiger partial charge in [-0.25, -0.2) is 27.2 Å². The van der Waals surface area contributed by atoms with Gasteiger partial charge in [-0.15, -0.1) is 11.3 Å². The molecule has 5 rings (SSSR count). The number of carbonyl (C=O) groups excluding carboxylic acids is 1. The van der Waals surface area contributed by atoms with Crippen molar-refractivity contribution in [3.63, 3.8) is 0 Å². The van der Waals surface area contributed by atoms with Crippen LogP contribution >= 0.6 is 11.3 Å². The number of hydrogen-bond donors (Lipinski definition) is 1. The molecule has 3 aromatic rings. The van der Waals surface area contributed by atoms with Crippen molar-refractivity contribution in [2.75, 3.05) is 25.4 Å². The van der Waals surface area contributed by atoms with Crippen molar-refractivity contribution in [2.45, 2.75) is 55.0 Å². The molecule has 4 heterocycles. The summed E-state index contributed by atoms with van der Waals surface area (Å²) in [5.41, 5.74) is 4.43. The second-order valence-corrected chi connectivity index (χ2v) is 15.7. The molecule has 0 spiro atoms. The molecule has 2 atom stereocenters. The number of nitrogens with one attached hydrogen (secondary N) is 1. The number of carbonyl (C=O) groups is 1. The topological polar surface area (TPSA) is 132 Å². The first kappa shape index (κ1) is 29.8. The van der Waals surface area contributed by atoms with Gasteiger partial charge in [0.15, 0.2) is 16.1 Å². The van der Waals surface area contributed by atoms with E-state index in [1.165, 1.54) is 40.2 Å². The van der Waals surface area contributed by atoms with E-state index in [4.69, 9.17) is 9.57 Å². The van der Waals surface area contributed by atoms with Crippen LogP contribution in [-0.4, -0.2) is 63.8 Å². The average Bonchev–Trinajstić information content (AvgIpc) is 3.42. The van der Waals surface area contributed by atoms with Crippen molar-refractivity contribution in [1.82, 2.24) is 14.8 Å². The van der Waals surface area contributed by atoms with Crippen LogP contribution in [0.2, 0.25) is 0 Å². The van der Waals surface area contributed by atoms with Crippen molar-refractivity contribution < 1.29 is 31.2 Å². The molecule has 2 aromatic heterocycles. The van der Waals surface area contributed by atoms with Gasteiger partial charge in [-0.05, 0) is 56.0 Å². The lowest BCUT2D eigenvalue weighted by Crippen LogP contribution is -2.43. The van der Waals surface area contributed by atoms with Gasteiger partial charge in [-0.3, -0.25) is 9.78 Å². The predicted molar refractivity (Wildman–Crippen MR) is 155 cm³/mol. The number of aromatic nitrogens is 1. The van der Waals surface area contributed by atoms with Gasteiger partial charge in [0.05, 0.1) is 12.2 Å². The second kappa shape index (κ2) is 12.3. The Morgan fingerprint density at radius 2 is 1.98 bits per heavy atom. The fraction of sp³-hybridized carbons (Fsp3) is 0.429. The Kier molecular flexibility index (Phi) is 8.92. The van der Waals surface area contributed by atoms with Crippen molar-refractivity contribution in [1.29, 1.82) is 0 Å². The van der Waals surface area contributed by atoms with Gasteiger partial charge < -0.3 is 4.74 Å². The van der Waals surface area contributed by atoms with E-state index in [1.807, 2.05) is 37.3 Å². The minimum atomic E-state index is -4.02. The lowest BCUT2D eigenvalue weighted by atomic mass is 9.97. The Morgan fingerprint density at radius 3 is 2.68 bits per heavy atom. The number of rotatable bonds is 8. The molecule has 41 heavy (non-hydrogen) atoms. The van der Waals surface area contributed by atoms with Gasteiger partial charge in [0.2, 0.25) is 15.9 Å². The number of benzene rings is 1. The second-order valence-electron chi connectivity index (χ2n) is 10.3. The lowest BCUT2D eigenvalue weighted by molar-refractivity contribution is -0.200. The number of sulfonamides is 1. The molecule has 1 aromatic carbocycles. The maximum absolute atomic E-state index is 14.1. The normalized spacial score (nSPS) is 23.5. The van der Waals surface area contributed by atoms with Crippen LogP contribution in [-0.2, 0) is 39.0 Å². The number of nitrogens with zero attached hydrogens (tertiary/aromatic N) is 2. The van der Waals surface area contributed by atoms with E-state index in [0.29, 0.717) is 17.9 Å². The monoisotopic (exact) mass is 619 g/mol. The SMILES string of the molecule is Cc1ccc(-c2ccc(C3(CC(=O)NOC4CCCCO4)CCN(S(=O)(=O)c4cccnc4)CCS3(=O)=O)s2)cc1. The zero-order valence-corrected chi connectivity index (χ0v) is 25.1. The highest BCUT2D eigenvalue weighted by molar-refractivity contribution is 7.92. The highest BCUT2D eigenvalue weighted by Crippen LogP contribution is 2.45. The predicted octanol–water partition coefficient (Wildman–Crippen LogP) is 3.79. The third kappa shape index (κ3) is 6.40. The highest BCUT2D eigenvalue weighted by atomic mass is 32.2. The van der Waals surface area contributed by atoms with Gasteiger partial charge in [0.25, 0.3) is 0 Å². The summed E-state index contributed by atoms with van der Waals surface area (Å²) in [7, 11) is -8.02. The molecular weight excluding hydrogens is 587 g/mol. The Labute approximate surface area is 244 Å². The number of ether oxygens (including phenoxy) is 1. The van der Waals surface area contributed by atoms with E-state index in [1.54, 1.807) is 6.07 Å². The van der Waals surface area contributed by atoms with Crippen molar-refractivity contribution >= 4 is 37.1 Å². The molecule has 1 amide bonds. The van der Waals surface area contributed by atoms with Crippen LogP contribution in [0.15, 0.2) is 65.8 Å². The molecule has 1 N–H and O–H groups in total. The molecule has 0 aliphatic carbocycles. The minimum absolute atomic E-state index is 0.0127. The summed E-state index contributed by atoms with van der Waals surface area (Å²) in [4.78, 5) is 23.9.